The zero-order chi connectivity index (χ0) is 18.2. The molecule has 0 spiro atoms. The first-order chi connectivity index (χ1) is 12.0. The van der Waals surface area contributed by atoms with Crippen LogP contribution < -0.4 is 5.43 Å². The van der Waals surface area contributed by atoms with Gasteiger partial charge in [0.1, 0.15) is 12.0 Å². The highest BCUT2D eigenvalue weighted by atomic mass is 79.9. The zero-order valence-electron chi connectivity index (χ0n) is 14.9. The van der Waals surface area contributed by atoms with E-state index in [1.807, 2.05) is 31.2 Å². The van der Waals surface area contributed by atoms with Crippen molar-refractivity contribution >= 4 is 33.3 Å². The van der Waals surface area contributed by atoms with Gasteiger partial charge >= 0.3 is 5.97 Å². The Morgan fingerprint density at radius 1 is 1.36 bits per heavy atom. The van der Waals surface area contributed by atoms with Crippen molar-refractivity contribution in [3.05, 3.63) is 28.7 Å². The summed E-state index contributed by atoms with van der Waals surface area (Å²) in [6.07, 6.45) is 4.97. The number of carbonyl (C=O) groups is 1. The van der Waals surface area contributed by atoms with Crippen molar-refractivity contribution < 1.29 is 14.6 Å². The first-order valence-corrected chi connectivity index (χ1v) is 9.65. The van der Waals surface area contributed by atoms with Crippen LogP contribution in [-0.2, 0) is 9.53 Å². The third-order valence-corrected chi connectivity index (χ3v) is 5.04. The summed E-state index contributed by atoms with van der Waals surface area (Å²) >= 11 is 3.42. The summed E-state index contributed by atoms with van der Waals surface area (Å²) in [6.45, 7) is 4.18. The minimum atomic E-state index is -0.295. The fourth-order valence-electron chi connectivity index (χ4n) is 3.03. The Kier molecular flexibility index (Phi) is 7.90. The van der Waals surface area contributed by atoms with Crippen LogP contribution in [0, 0.1) is 11.8 Å². The van der Waals surface area contributed by atoms with Crippen molar-refractivity contribution in [3.8, 4) is 0 Å². The zero-order valence-corrected chi connectivity index (χ0v) is 16.5. The molecule has 0 saturated carbocycles. The SMILES string of the molecule is C/C(CC(C)CCCCC1OC(=O)C1CO)=N/Nc1ccc(Br)cc1. The lowest BCUT2D eigenvalue weighted by Crippen LogP contribution is -2.47. The van der Waals surface area contributed by atoms with Crippen molar-refractivity contribution in [3.63, 3.8) is 0 Å². The molecule has 25 heavy (non-hydrogen) atoms. The summed E-state index contributed by atoms with van der Waals surface area (Å²) in [6, 6.07) is 7.93. The molecule has 3 unspecified atom stereocenters. The Balaban J connectivity index is 1.60. The van der Waals surface area contributed by atoms with E-state index in [9.17, 15) is 4.79 Å². The van der Waals surface area contributed by atoms with Gasteiger partial charge in [-0.3, -0.25) is 10.2 Å². The van der Waals surface area contributed by atoms with Crippen LogP contribution in [-0.4, -0.2) is 29.5 Å². The number of hydrogen-bond acceptors (Lipinski definition) is 5. The number of hydrogen-bond donors (Lipinski definition) is 2. The van der Waals surface area contributed by atoms with Gasteiger partial charge in [-0.05, 0) is 56.4 Å². The number of ether oxygens (including phenoxy) is 1. The average molecular weight is 411 g/mol. The topological polar surface area (TPSA) is 70.9 Å². The largest absolute Gasteiger partial charge is 0.461 e. The minimum Gasteiger partial charge on any atom is -0.461 e. The van der Waals surface area contributed by atoms with Gasteiger partial charge < -0.3 is 9.84 Å². The molecule has 1 aromatic carbocycles. The molecule has 1 saturated heterocycles. The summed E-state index contributed by atoms with van der Waals surface area (Å²) in [4.78, 5) is 11.1. The van der Waals surface area contributed by atoms with E-state index in [0.717, 1.165) is 48.0 Å². The van der Waals surface area contributed by atoms with Crippen LogP contribution in [0.4, 0.5) is 5.69 Å². The van der Waals surface area contributed by atoms with Crippen LogP contribution in [0.15, 0.2) is 33.8 Å². The predicted molar refractivity (Wildman–Crippen MR) is 104 cm³/mol. The quantitative estimate of drug-likeness (QED) is 0.260. The molecule has 6 heteroatoms. The molecular weight excluding hydrogens is 384 g/mol. The highest BCUT2D eigenvalue weighted by Gasteiger charge is 2.41. The Bertz CT molecular complexity index is 589. The predicted octanol–water partition coefficient (Wildman–Crippen LogP) is 4.36. The Hall–Kier alpha value is -1.40. The maximum Gasteiger partial charge on any atom is 0.315 e. The molecule has 0 aliphatic carbocycles. The lowest BCUT2D eigenvalue weighted by molar-refractivity contribution is -0.189. The molecule has 0 radical (unpaired) electrons. The first kappa shape index (κ1) is 19.9. The number of esters is 1. The highest BCUT2D eigenvalue weighted by molar-refractivity contribution is 9.10. The fraction of sp³-hybridized carbons (Fsp3) is 0.579. The smallest absolute Gasteiger partial charge is 0.315 e. The Morgan fingerprint density at radius 3 is 2.72 bits per heavy atom. The number of unbranched alkanes of at least 4 members (excludes halogenated alkanes) is 1. The van der Waals surface area contributed by atoms with Crippen molar-refractivity contribution in [2.24, 2.45) is 16.9 Å². The van der Waals surface area contributed by atoms with Crippen LogP contribution >= 0.6 is 15.9 Å². The highest BCUT2D eigenvalue weighted by Crippen LogP contribution is 2.27. The fourth-order valence-corrected chi connectivity index (χ4v) is 3.29. The monoisotopic (exact) mass is 410 g/mol. The van der Waals surface area contributed by atoms with E-state index in [1.165, 1.54) is 0 Å². The van der Waals surface area contributed by atoms with Gasteiger partial charge in [0.25, 0.3) is 0 Å². The number of anilines is 1. The van der Waals surface area contributed by atoms with Crippen molar-refractivity contribution in [1.29, 1.82) is 0 Å². The van der Waals surface area contributed by atoms with Crippen molar-refractivity contribution in [2.45, 2.75) is 52.1 Å². The van der Waals surface area contributed by atoms with E-state index in [-0.39, 0.29) is 24.6 Å². The Labute approximate surface area is 158 Å². The van der Waals surface area contributed by atoms with Crippen LogP contribution in [0.2, 0.25) is 0 Å². The number of aliphatic hydroxyl groups is 1. The van der Waals surface area contributed by atoms with E-state index in [1.54, 1.807) is 0 Å². The number of cyclic esters (lactones) is 1. The molecule has 1 aliphatic heterocycles. The minimum absolute atomic E-state index is 0.0776. The summed E-state index contributed by atoms with van der Waals surface area (Å²) in [5.41, 5.74) is 5.15. The molecule has 0 aromatic heterocycles. The molecule has 5 nitrogen and oxygen atoms in total. The van der Waals surface area contributed by atoms with Crippen molar-refractivity contribution in [1.82, 2.24) is 0 Å². The van der Waals surface area contributed by atoms with Crippen LogP contribution in [0.3, 0.4) is 0 Å². The summed E-state index contributed by atoms with van der Waals surface area (Å²) in [7, 11) is 0. The standard InChI is InChI=1S/C19H27BrN2O3/c1-13(5-3-4-6-18-17(12-23)19(24)25-18)11-14(2)21-22-16-9-7-15(20)8-10-16/h7-10,13,17-18,22-23H,3-6,11-12H2,1-2H3/b21-14-. The van der Waals surface area contributed by atoms with Crippen LogP contribution in [0.5, 0.6) is 0 Å². The number of aliphatic hydroxyl groups excluding tert-OH is 1. The number of benzene rings is 1. The molecule has 1 aromatic rings. The number of carbonyl (C=O) groups excluding carboxylic acids is 1. The molecule has 138 valence electrons. The average Bonchev–Trinajstić information content (AvgIpc) is 2.57. The third-order valence-electron chi connectivity index (χ3n) is 4.52. The van der Waals surface area contributed by atoms with Gasteiger partial charge in [0.2, 0.25) is 0 Å². The van der Waals surface area contributed by atoms with Gasteiger partial charge in [0.15, 0.2) is 0 Å². The van der Waals surface area contributed by atoms with E-state index in [4.69, 9.17) is 9.84 Å². The number of nitrogens with zero attached hydrogens (tertiary/aromatic N) is 1. The molecule has 1 aliphatic rings. The molecule has 1 heterocycles. The summed E-state index contributed by atoms with van der Waals surface area (Å²) in [5.74, 6) is 0.00973. The first-order valence-electron chi connectivity index (χ1n) is 8.85. The second-order valence-corrected chi connectivity index (χ2v) is 7.74. The Morgan fingerprint density at radius 2 is 2.08 bits per heavy atom. The van der Waals surface area contributed by atoms with E-state index < -0.39 is 0 Å². The van der Waals surface area contributed by atoms with Crippen molar-refractivity contribution in [2.75, 3.05) is 12.0 Å². The number of halogens is 1. The molecule has 2 N–H and O–H groups in total. The number of hydrazone groups is 1. The van der Waals surface area contributed by atoms with Gasteiger partial charge in [0, 0.05) is 10.2 Å². The maximum absolute atomic E-state index is 11.1. The number of rotatable bonds is 10. The second kappa shape index (κ2) is 9.92. The van der Waals surface area contributed by atoms with E-state index in [0.29, 0.717) is 5.92 Å². The normalized spacial score (nSPS) is 21.4. The molecule has 1 fully saturated rings. The van der Waals surface area contributed by atoms with Crippen LogP contribution in [0.1, 0.15) is 46.0 Å². The molecule has 0 amide bonds. The lowest BCUT2D eigenvalue weighted by Gasteiger charge is -2.33. The van der Waals surface area contributed by atoms with Gasteiger partial charge in [-0.2, -0.15) is 5.10 Å². The second-order valence-electron chi connectivity index (χ2n) is 6.82. The molecular formula is C19H27BrN2O3. The third kappa shape index (κ3) is 6.44. The van der Waals surface area contributed by atoms with Gasteiger partial charge in [-0.15, -0.1) is 0 Å². The maximum atomic E-state index is 11.1. The molecule has 0 bridgehead atoms. The van der Waals surface area contributed by atoms with E-state index >= 15 is 0 Å². The van der Waals surface area contributed by atoms with Gasteiger partial charge in [0.05, 0.1) is 12.3 Å². The molecule has 2 rings (SSSR count). The van der Waals surface area contributed by atoms with Crippen LogP contribution in [0.25, 0.3) is 0 Å². The molecule has 3 atom stereocenters. The summed E-state index contributed by atoms with van der Waals surface area (Å²) in [5, 5.41) is 13.5. The number of nitrogens with one attached hydrogen (secondary N) is 1. The lowest BCUT2D eigenvalue weighted by atomic mass is 9.91. The summed E-state index contributed by atoms with van der Waals surface area (Å²) < 4.78 is 6.12. The van der Waals surface area contributed by atoms with E-state index in [2.05, 4.69) is 33.4 Å². The van der Waals surface area contributed by atoms with Gasteiger partial charge in [-0.25, -0.2) is 0 Å². The van der Waals surface area contributed by atoms with Gasteiger partial charge in [-0.1, -0.05) is 35.7 Å².